The van der Waals surface area contributed by atoms with Gasteiger partial charge in [-0.3, -0.25) is 9.59 Å². The highest BCUT2D eigenvalue weighted by Gasteiger charge is 2.34. The van der Waals surface area contributed by atoms with E-state index in [2.05, 4.69) is 23.7 Å². The first kappa shape index (κ1) is 21.4. The van der Waals surface area contributed by atoms with Gasteiger partial charge in [-0.2, -0.15) is 5.26 Å². The summed E-state index contributed by atoms with van der Waals surface area (Å²) in [5.41, 5.74) is 3.78. The van der Waals surface area contributed by atoms with Crippen LogP contribution in [0, 0.1) is 31.1 Å². The predicted molar refractivity (Wildman–Crippen MR) is 118 cm³/mol. The second kappa shape index (κ2) is 9.00. The lowest BCUT2D eigenvalue weighted by Crippen LogP contribution is -2.42. The van der Waals surface area contributed by atoms with Crippen LogP contribution in [0.5, 0.6) is 0 Å². The lowest BCUT2D eigenvalue weighted by molar-refractivity contribution is -0.124. The van der Waals surface area contributed by atoms with Gasteiger partial charge in [-0.25, -0.2) is 0 Å². The third-order valence-electron chi connectivity index (χ3n) is 5.40. The number of nitrogens with one attached hydrogen (secondary N) is 1. The van der Waals surface area contributed by atoms with Crippen LogP contribution in [-0.4, -0.2) is 29.0 Å². The van der Waals surface area contributed by atoms with Crippen LogP contribution in [0.25, 0.3) is 6.08 Å². The maximum Gasteiger partial charge on any atom is 0.262 e. The van der Waals surface area contributed by atoms with E-state index in [0.717, 1.165) is 29.2 Å². The summed E-state index contributed by atoms with van der Waals surface area (Å²) in [6.45, 7) is 9.74. The Balaban J connectivity index is 1.75. The molecule has 1 N–H and O–H groups in total. The minimum atomic E-state index is -0.622. The van der Waals surface area contributed by atoms with E-state index in [4.69, 9.17) is 0 Å². The molecule has 2 amide bonds. The van der Waals surface area contributed by atoms with Gasteiger partial charge in [0.2, 0.25) is 5.91 Å². The fourth-order valence-electron chi connectivity index (χ4n) is 3.84. The molecule has 0 radical (unpaired) electrons. The maximum absolute atomic E-state index is 12.7. The quantitative estimate of drug-likeness (QED) is 0.590. The zero-order valence-corrected chi connectivity index (χ0v) is 18.0. The lowest BCUT2D eigenvalue weighted by atomic mass is 10.1. The van der Waals surface area contributed by atoms with E-state index in [9.17, 15) is 14.9 Å². The Labute approximate surface area is 177 Å². The number of carbonyl (C=O) groups is 2. The van der Waals surface area contributed by atoms with Crippen LogP contribution in [0.2, 0.25) is 0 Å². The Kier molecular flexibility index (Phi) is 6.41. The van der Waals surface area contributed by atoms with Crippen LogP contribution in [-0.2, 0) is 16.1 Å². The standard InChI is InChI=1S/C24H28N4O2/c1-16(2)15-28-17(3)12-19(18(28)4)13-20(14-25)23(29)26-22-10-11-27(24(22)30)21-8-6-5-7-9-21/h5-9,12-13,16,22H,10-11,15H2,1-4H3,(H,26,29)/b20-13-. The molecule has 0 spiro atoms. The molecule has 1 aliphatic rings. The largest absolute Gasteiger partial charge is 0.348 e. The Morgan fingerprint density at radius 1 is 1.30 bits per heavy atom. The van der Waals surface area contributed by atoms with Gasteiger partial charge in [0.05, 0.1) is 0 Å². The number of carbonyl (C=O) groups excluding carboxylic acids is 2. The molecule has 1 aromatic heterocycles. The van der Waals surface area contributed by atoms with Gasteiger partial charge in [0.15, 0.2) is 0 Å². The number of benzene rings is 1. The van der Waals surface area contributed by atoms with E-state index in [-0.39, 0.29) is 11.5 Å². The van der Waals surface area contributed by atoms with E-state index in [1.165, 1.54) is 0 Å². The van der Waals surface area contributed by atoms with Crippen LogP contribution < -0.4 is 10.2 Å². The van der Waals surface area contributed by atoms with Crippen LogP contribution in [0.3, 0.4) is 0 Å². The molecule has 30 heavy (non-hydrogen) atoms. The molecule has 6 heteroatoms. The van der Waals surface area contributed by atoms with Gasteiger partial charge >= 0.3 is 0 Å². The predicted octanol–water partition coefficient (Wildman–Crippen LogP) is 3.59. The van der Waals surface area contributed by atoms with Crippen molar-refractivity contribution >= 4 is 23.6 Å². The first-order valence-corrected chi connectivity index (χ1v) is 10.3. The van der Waals surface area contributed by atoms with Crippen molar-refractivity contribution < 1.29 is 9.59 Å². The first-order valence-electron chi connectivity index (χ1n) is 10.3. The van der Waals surface area contributed by atoms with Crippen molar-refractivity contribution in [3.63, 3.8) is 0 Å². The number of hydrogen-bond acceptors (Lipinski definition) is 3. The number of aromatic nitrogens is 1. The molecule has 1 unspecified atom stereocenters. The number of nitriles is 1. The average Bonchev–Trinajstić information content (AvgIpc) is 3.20. The maximum atomic E-state index is 12.7. The molecule has 1 fully saturated rings. The molecular weight excluding hydrogens is 376 g/mol. The third-order valence-corrected chi connectivity index (χ3v) is 5.40. The van der Waals surface area contributed by atoms with E-state index >= 15 is 0 Å². The Morgan fingerprint density at radius 3 is 2.63 bits per heavy atom. The topological polar surface area (TPSA) is 78.1 Å². The first-order chi connectivity index (χ1) is 14.3. The molecule has 2 aromatic rings. The van der Waals surface area contributed by atoms with Crippen molar-refractivity contribution in [1.82, 2.24) is 9.88 Å². The Bertz CT molecular complexity index is 1010. The molecule has 1 aliphatic heterocycles. The molecular formula is C24H28N4O2. The molecule has 6 nitrogen and oxygen atoms in total. The van der Waals surface area contributed by atoms with Crippen molar-refractivity contribution in [3.8, 4) is 6.07 Å². The zero-order chi connectivity index (χ0) is 21.8. The normalized spacial score (nSPS) is 16.8. The van der Waals surface area contributed by atoms with Crippen molar-refractivity contribution in [2.24, 2.45) is 5.92 Å². The molecule has 0 bridgehead atoms. The van der Waals surface area contributed by atoms with Crippen LogP contribution in [0.1, 0.15) is 37.2 Å². The Hall–Kier alpha value is -3.33. The number of aryl methyl sites for hydroxylation is 1. The van der Waals surface area contributed by atoms with Crippen molar-refractivity contribution in [3.05, 3.63) is 58.9 Å². The number of anilines is 1. The molecule has 1 atom stereocenters. The SMILES string of the molecule is Cc1cc(/C=C(/C#N)C(=O)NC2CCN(c3ccccc3)C2=O)c(C)n1CC(C)C. The van der Waals surface area contributed by atoms with Gasteiger partial charge in [-0.1, -0.05) is 32.0 Å². The molecule has 1 saturated heterocycles. The van der Waals surface area contributed by atoms with E-state index in [0.29, 0.717) is 18.9 Å². The summed E-state index contributed by atoms with van der Waals surface area (Å²) in [4.78, 5) is 27.1. The molecule has 3 rings (SSSR count). The smallest absolute Gasteiger partial charge is 0.262 e. The highest BCUT2D eigenvalue weighted by Crippen LogP contribution is 2.22. The van der Waals surface area contributed by atoms with Gasteiger partial charge in [-0.05, 0) is 56.0 Å². The number of amides is 2. The second-order valence-corrected chi connectivity index (χ2v) is 8.14. The molecule has 0 saturated carbocycles. The number of hydrogen-bond donors (Lipinski definition) is 1. The van der Waals surface area contributed by atoms with E-state index in [1.54, 1.807) is 11.0 Å². The minimum Gasteiger partial charge on any atom is -0.348 e. The van der Waals surface area contributed by atoms with Crippen LogP contribution in [0.15, 0.2) is 42.0 Å². The highest BCUT2D eigenvalue weighted by atomic mass is 16.2. The van der Waals surface area contributed by atoms with Gasteiger partial charge in [0.25, 0.3) is 5.91 Å². The summed E-state index contributed by atoms with van der Waals surface area (Å²) < 4.78 is 2.20. The number of rotatable bonds is 6. The van der Waals surface area contributed by atoms with Crippen LogP contribution >= 0.6 is 0 Å². The average molecular weight is 405 g/mol. The number of nitrogens with zero attached hydrogens (tertiary/aromatic N) is 3. The summed E-state index contributed by atoms with van der Waals surface area (Å²) in [5.74, 6) is -0.173. The summed E-state index contributed by atoms with van der Waals surface area (Å²) >= 11 is 0. The van der Waals surface area contributed by atoms with Gasteiger partial charge < -0.3 is 14.8 Å². The lowest BCUT2D eigenvalue weighted by Gasteiger charge is -2.17. The van der Waals surface area contributed by atoms with Crippen molar-refractivity contribution in [2.45, 2.75) is 46.7 Å². The number of para-hydroxylation sites is 1. The van der Waals surface area contributed by atoms with Gasteiger partial charge in [-0.15, -0.1) is 0 Å². The van der Waals surface area contributed by atoms with E-state index < -0.39 is 11.9 Å². The molecule has 1 aromatic carbocycles. The van der Waals surface area contributed by atoms with Crippen molar-refractivity contribution in [1.29, 1.82) is 5.26 Å². The monoisotopic (exact) mass is 404 g/mol. The third kappa shape index (κ3) is 4.46. The zero-order valence-electron chi connectivity index (χ0n) is 18.0. The minimum absolute atomic E-state index is 0.00533. The van der Waals surface area contributed by atoms with Crippen molar-refractivity contribution in [2.75, 3.05) is 11.4 Å². The fourth-order valence-corrected chi connectivity index (χ4v) is 3.84. The van der Waals surface area contributed by atoms with E-state index in [1.807, 2.05) is 56.3 Å². The molecule has 0 aliphatic carbocycles. The Morgan fingerprint density at radius 2 is 2.00 bits per heavy atom. The molecule has 156 valence electrons. The second-order valence-electron chi connectivity index (χ2n) is 8.14. The molecule has 2 heterocycles. The van der Waals surface area contributed by atoms with Crippen LogP contribution in [0.4, 0.5) is 5.69 Å². The summed E-state index contributed by atoms with van der Waals surface area (Å²) in [6.07, 6.45) is 2.13. The summed E-state index contributed by atoms with van der Waals surface area (Å²) in [7, 11) is 0. The summed E-state index contributed by atoms with van der Waals surface area (Å²) in [6, 6.07) is 12.7. The van der Waals surface area contributed by atoms with Gasteiger partial charge in [0, 0.05) is 30.2 Å². The summed E-state index contributed by atoms with van der Waals surface area (Å²) in [5, 5.41) is 12.3. The highest BCUT2D eigenvalue weighted by molar-refractivity contribution is 6.06. The fraction of sp³-hybridized carbons (Fsp3) is 0.375. The van der Waals surface area contributed by atoms with Gasteiger partial charge in [0.1, 0.15) is 17.7 Å².